The van der Waals surface area contributed by atoms with Crippen LogP contribution in [0.5, 0.6) is 0 Å². The number of carbonyl (C=O) groups excluding carboxylic acids is 1. The summed E-state index contributed by atoms with van der Waals surface area (Å²) in [4.78, 5) is 22.9. The quantitative estimate of drug-likeness (QED) is 0.828. The van der Waals surface area contributed by atoms with Gasteiger partial charge < -0.3 is 14.9 Å². The van der Waals surface area contributed by atoms with Crippen molar-refractivity contribution in [3.63, 3.8) is 0 Å². The Hall–Kier alpha value is -1.85. The summed E-state index contributed by atoms with van der Waals surface area (Å²) >= 11 is 0. The fourth-order valence-electron chi connectivity index (χ4n) is 1.35. The lowest BCUT2D eigenvalue weighted by atomic mass is 9.86. The minimum atomic E-state index is -1.08. The Bertz CT molecular complexity index is 431. The number of aromatic nitrogens is 1. The van der Waals surface area contributed by atoms with E-state index in [4.69, 9.17) is 9.63 Å². The average molecular weight is 240 g/mol. The van der Waals surface area contributed by atoms with Crippen molar-refractivity contribution in [2.75, 3.05) is 0 Å². The molecule has 1 amide bonds. The minimum Gasteiger partial charge on any atom is -0.480 e. The zero-order chi connectivity index (χ0) is 13.2. The molecule has 94 valence electrons. The molecule has 1 aromatic heterocycles. The second-order valence-corrected chi connectivity index (χ2v) is 4.95. The summed E-state index contributed by atoms with van der Waals surface area (Å²) in [6.07, 6.45) is 1.40. The van der Waals surface area contributed by atoms with Gasteiger partial charge in [-0.2, -0.15) is 0 Å². The van der Waals surface area contributed by atoms with Gasteiger partial charge in [-0.05, 0) is 12.3 Å². The van der Waals surface area contributed by atoms with Gasteiger partial charge in [0.2, 0.25) is 5.76 Å². The summed E-state index contributed by atoms with van der Waals surface area (Å²) in [5.74, 6) is -1.61. The largest absolute Gasteiger partial charge is 0.480 e. The maximum Gasteiger partial charge on any atom is 0.326 e. The van der Waals surface area contributed by atoms with Crippen LogP contribution in [0.4, 0.5) is 0 Å². The Morgan fingerprint density at radius 1 is 1.47 bits per heavy atom. The minimum absolute atomic E-state index is 0.0421. The Balaban J connectivity index is 2.86. The standard InChI is InChI=1S/C11H16N2O4/c1-6-5-12-17-7(6)9(14)13-8(10(15)16)11(2,3)4/h5,8H,1-4H3,(H,13,14)(H,15,16)/t8-/m0/s1. The van der Waals surface area contributed by atoms with E-state index >= 15 is 0 Å². The number of aliphatic carboxylic acids is 1. The van der Waals surface area contributed by atoms with Crippen LogP contribution in [0.3, 0.4) is 0 Å². The molecule has 0 bridgehead atoms. The topological polar surface area (TPSA) is 92.4 Å². The highest BCUT2D eigenvalue weighted by atomic mass is 16.5. The first kappa shape index (κ1) is 13.2. The molecule has 2 N–H and O–H groups in total. The van der Waals surface area contributed by atoms with E-state index in [1.807, 2.05) is 0 Å². The molecule has 0 saturated carbocycles. The van der Waals surface area contributed by atoms with Gasteiger partial charge in [0.25, 0.3) is 5.91 Å². The molecule has 1 heterocycles. The number of amides is 1. The lowest BCUT2D eigenvalue weighted by molar-refractivity contribution is -0.142. The van der Waals surface area contributed by atoms with Crippen molar-refractivity contribution in [3.8, 4) is 0 Å². The molecular formula is C11H16N2O4. The van der Waals surface area contributed by atoms with Gasteiger partial charge in [-0.25, -0.2) is 4.79 Å². The zero-order valence-corrected chi connectivity index (χ0v) is 10.3. The van der Waals surface area contributed by atoms with Crippen LogP contribution in [0.2, 0.25) is 0 Å². The zero-order valence-electron chi connectivity index (χ0n) is 10.3. The van der Waals surface area contributed by atoms with Gasteiger partial charge in [0, 0.05) is 5.56 Å². The molecule has 1 aromatic rings. The molecule has 0 aliphatic heterocycles. The van der Waals surface area contributed by atoms with E-state index in [0.717, 1.165) is 0 Å². The molecule has 1 atom stereocenters. The van der Waals surface area contributed by atoms with Gasteiger partial charge >= 0.3 is 5.97 Å². The van der Waals surface area contributed by atoms with E-state index in [1.165, 1.54) is 6.20 Å². The third kappa shape index (κ3) is 3.05. The molecule has 0 aromatic carbocycles. The molecule has 0 radical (unpaired) electrons. The van der Waals surface area contributed by atoms with E-state index in [-0.39, 0.29) is 5.76 Å². The number of carboxylic acids is 1. The molecule has 1 rings (SSSR count). The van der Waals surface area contributed by atoms with Crippen LogP contribution in [0.25, 0.3) is 0 Å². The molecule has 6 nitrogen and oxygen atoms in total. The Morgan fingerprint density at radius 3 is 2.41 bits per heavy atom. The van der Waals surface area contributed by atoms with Crippen molar-refractivity contribution >= 4 is 11.9 Å². The molecule has 0 aliphatic carbocycles. The fourth-order valence-corrected chi connectivity index (χ4v) is 1.35. The highest BCUT2D eigenvalue weighted by molar-refractivity contribution is 5.95. The molecular weight excluding hydrogens is 224 g/mol. The number of carbonyl (C=O) groups is 2. The predicted octanol–water partition coefficient (Wildman–Crippen LogP) is 1.21. The Kier molecular flexibility index (Phi) is 3.55. The molecule has 0 fully saturated rings. The SMILES string of the molecule is Cc1cnoc1C(=O)N[C@@H](C(=O)O)C(C)(C)C. The van der Waals surface area contributed by atoms with E-state index in [0.29, 0.717) is 5.56 Å². The molecule has 0 unspecified atom stereocenters. The van der Waals surface area contributed by atoms with E-state index < -0.39 is 23.3 Å². The highest BCUT2D eigenvalue weighted by Crippen LogP contribution is 2.20. The first-order chi connectivity index (χ1) is 7.73. The van der Waals surface area contributed by atoms with Crippen LogP contribution in [0.15, 0.2) is 10.7 Å². The summed E-state index contributed by atoms with van der Waals surface area (Å²) in [6.45, 7) is 6.87. The Labute approximate surface area is 99.0 Å². The fraction of sp³-hybridized carbons (Fsp3) is 0.545. The normalized spacial score (nSPS) is 13.2. The number of aryl methyl sites for hydroxylation is 1. The van der Waals surface area contributed by atoms with Crippen molar-refractivity contribution in [2.45, 2.75) is 33.7 Å². The molecule has 0 aliphatic rings. The van der Waals surface area contributed by atoms with Gasteiger partial charge in [-0.1, -0.05) is 25.9 Å². The number of hydrogen-bond acceptors (Lipinski definition) is 4. The van der Waals surface area contributed by atoms with Gasteiger partial charge in [0.15, 0.2) is 0 Å². The van der Waals surface area contributed by atoms with Crippen molar-refractivity contribution in [2.24, 2.45) is 5.41 Å². The van der Waals surface area contributed by atoms with Crippen LogP contribution in [-0.4, -0.2) is 28.2 Å². The third-order valence-electron chi connectivity index (χ3n) is 2.34. The second kappa shape index (κ2) is 4.57. The lowest BCUT2D eigenvalue weighted by Crippen LogP contribution is -2.49. The van der Waals surface area contributed by atoms with Crippen LogP contribution >= 0.6 is 0 Å². The van der Waals surface area contributed by atoms with Crippen molar-refractivity contribution in [1.82, 2.24) is 10.5 Å². The predicted molar refractivity (Wildman–Crippen MR) is 59.6 cm³/mol. The number of carboxylic acid groups (broad SMARTS) is 1. The van der Waals surface area contributed by atoms with Crippen LogP contribution in [-0.2, 0) is 4.79 Å². The molecule has 6 heteroatoms. The van der Waals surface area contributed by atoms with Crippen LogP contribution in [0, 0.1) is 12.3 Å². The molecule has 0 saturated heterocycles. The van der Waals surface area contributed by atoms with E-state index in [9.17, 15) is 9.59 Å². The number of nitrogens with one attached hydrogen (secondary N) is 1. The van der Waals surface area contributed by atoms with E-state index in [1.54, 1.807) is 27.7 Å². The summed E-state index contributed by atoms with van der Waals surface area (Å²) in [7, 11) is 0. The highest BCUT2D eigenvalue weighted by Gasteiger charge is 2.33. The molecule has 17 heavy (non-hydrogen) atoms. The number of nitrogens with zero attached hydrogens (tertiary/aromatic N) is 1. The lowest BCUT2D eigenvalue weighted by Gasteiger charge is -2.27. The van der Waals surface area contributed by atoms with Gasteiger partial charge in [-0.15, -0.1) is 0 Å². The maximum atomic E-state index is 11.8. The van der Waals surface area contributed by atoms with Crippen LogP contribution in [0.1, 0.15) is 36.9 Å². The van der Waals surface area contributed by atoms with Crippen molar-refractivity contribution < 1.29 is 19.2 Å². The summed E-state index contributed by atoms with van der Waals surface area (Å²) in [5.41, 5.74) is -0.0179. The van der Waals surface area contributed by atoms with Crippen molar-refractivity contribution in [3.05, 3.63) is 17.5 Å². The molecule has 0 spiro atoms. The van der Waals surface area contributed by atoms with Crippen molar-refractivity contribution in [1.29, 1.82) is 0 Å². The average Bonchev–Trinajstić information content (AvgIpc) is 2.58. The summed E-state index contributed by atoms with van der Waals surface area (Å²) < 4.78 is 4.76. The summed E-state index contributed by atoms with van der Waals surface area (Å²) in [6, 6.07) is -0.987. The second-order valence-electron chi connectivity index (χ2n) is 4.95. The first-order valence-electron chi connectivity index (χ1n) is 5.18. The third-order valence-corrected chi connectivity index (χ3v) is 2.34. The van der Waals surface area contributed by atoms with Crippen LogP contribution < -0.4 is 5.32 Å². The smallest absolute Gasteiger partial charge is 0.326 e. The van der Waals surface area contributed by atoms with Gasteiger partial charge in [-0.3, -0.25) is 4.79 Å². The van der Waals surface area contributed by atoms with Gasteiger partial charge in [0.1, 0.15) is 6.04 Å². The number of hydrogen-bond donors (Lipinski definition) is 2. The first-order valence-corrected chi connectivity index (χ1v) is 5.18. The monoisotopic (exact) mass is 240 g/mol. The maximum absolute atomic E-state index is 11.8. The Morgan fingerprint density at radius 2 is 2.06 bits per heavy atom. The van der Waals surface area contributed by atoms with Gasteiger partial charge in [0.05, 0.1) is 6.20 Å². The number of rotatable bonds is 3. The van der Waals surface area contributed by atoms with E-state index in [2.05, 4.69) is 10.5 Å². The summed E-state index contributed by atoms with van der Waals surface area (Å²) in [5, 5.41) is 15.0.